The van der Waals surface area contributed by atoms with Gasteiger partial charge in [0.25, 0.3) is 10.0 Å². The van der Waals surface area contributed by atoms with E-state index >= 15 is 0 Å². The van der Waals surface area contributed by atoms with Crippen molar-refractivity contribution in [3.8, 4) is 0 Å². The van der Waals surface area contributed by atoms with Gasteiger partial charge in [0.1, 0.15) is 0 Å². The lowest BCUT2D eigenvalue weighted by Gasteiger charge is -2.14. The maximum Gasteiger partial charge on any atom is 0.260 e. The molecule has 0 unspecified atom stereocenters. The Bertz CT molecular complexity index is 734. The summed E-state index contributed by atoms with van der Waals surface area (Å²) in [5.41, 5.74) is 2.92. The van der Waals surface area contributed by atoms with Crippen molar-refractivity contribution in [3.63, 3.8) is 0 Å². The summed E-state index contributed by atoms with van der Waals surface area (Å²) in [5.74, 6) is 0. The molecule has 0 atom stereocenters. The lowest BCUT2D eigenvalue weighted by Crippen LogP contribution is -2.36. The molecule has 1 aromatic heterocycles. The zero-order chi connectivity index (χ0) is 14.9. The van der Waals surface area contributed by atoms with Crippen molar-refractivity contribution in [2.45, 2.75) is 23.9 Å². The number of nitrogens with zero attached hydrogens (tertiary/aromatic N) is 1. The molecular weight excluding hydrogens is 286 g/mol. The lowest BCUT2D eigenvalue weighted by molar-refractivity contribution is 0.552. The predicted molar refractivity (Wildman–Crippen MR) is 81.7 cm³/mol. The molecule has 2 aromatic rings. The van der Waals surface area contributed by atoms with Crippen LogP contribution in [0.5, 0.6) is 0 Å². The van der Waals surface area contributed by atoms with E-state index in [1.54, 1.807) is 19.2 Å². The van der Waals surface area contributed by atoms with Crippen LogP contribution in [0.2, 0.25) is 0 Å². The van der Waals surface area contributed by atoms with Crippen LogP contribution < -0.4 is 10.0 Å². The zero-order valence-corrected chi connectivity index (χ0v) is 12.5. The second-order valence-corrected chi connectivity index (χ2v) is 6.73. The number of nitrogens with one attached hydrogen (secondary N) is 2. The van der Waals surface area contributed by atoms with Gasteiger partial charge in [-0.2, -0.15) is 0 Å². The maximum absolute atomic E-state index is 12.5. The summed E-state index contributed by atoms with van der Waals surface area (Å²) in [5, 5.41) is 2.91. The van der Waals surface area contributed by atoms with Gasteiger partial charge in [-0.15, -0.1) is 0 Å². The van der Waals surface area contributed by atoms with Crippen molar-refractivity contribution < 1.29 is 8.42 Å². The van der Waals surface area contributed by atoms with Crippen molar-refractivity contribution in [3.05, 3.63) is 53.7 Å². The second-order valence-electron chi connectivity index (χ2n) is 5.10. The predicted octanol–water partition coefficient (Wildman–Crippen LogP) is 1.57. The average Bonchev–Trinajstić information content (AvgIpc) is 2.88. The third kappa shape index (κ3) is 2.77. The molecule has 1 aromatic carbocycles. The van der Waals surface area contributed by atoms with Crippen molar-refractivity contribution in [1.82, 2.24) is 9.71 Å². The van der Waals surface area contributed by atoms with Crippen molar-refractivity contribution in [2.75, 3.05) is 12.4 Å². The fourth-order valence-corrected chi connectivity index (χ4v) is 4.09. The SMILES string of the molecule is CNc1cccnc1S(=O)(=O)NC1Cc2ccccc2C1. The number of pyridine rings is 1. The Morgan fingerprint density at radius 3 is 2.38 bits per heavy atom. The molecule has 3 rings (SSSR count). The highest BCUT2D eigenvalue weighted by atomic mass is 32.2. The molecule has 0 saturated carbocycles. The second kappa shape index (κ2) is 5.46. The Morgan fingerprint density at radius 2 is 1.76 bits per heavy atom. The van der Waals surface area contributed by atoms with Gasteiger partial charge < -0.3 is 5.32 Å². The quantitative estimate of drug-likeness (QED) is 0.899. The van der Waals surface area contributed by atoms with E-state index in [1.807, 2.05) is 24.3 Å². The molecule has 6 heteroatoms. The monoisotopic (exact) mass is 303 g/mol. The number of sulfonamides is 1. The van der Waals surface area contributed by atoms with E-state index in [0.717, 1.165) is 12.8 Å². The molecule has 1 heterocycles. The topological polar surface area (TPSA) is 71.1 Å². The molecule has 0 aliphatic heterocycles. The lowest BCUT2D eigenvalue weighted by atomic mass is 10.1. The highest BCUT2D eigenvalue weighted by molar-refractivity contribution is 7.89. The fourth-order valence-electron chi connectivity index (χ4n) is 2.71. The van der Waals surface area contributed by atoms with E-state index < -0.39 is 10.0 Å². The number of anilines is 1. The zero-order valence-electron chi connectivity index (χ0n) is 11.7. The molecular formula is C15H17N3O2S. The molecule has 1 aliphatic carbocycles. The largest absolute Gasteiger partial charge is 0.386 e. The smallest absolute Gasteiger partial charge is 0.260 e. The fraction of sp³-hybridized carbons (Fsp3) is 0.267. The number of rotatable bonds is 4. The van der Waals surface area contributed by atoms with Crippen LogP contribution in [-0.4, -0.2) is 26.5 Å². The van der Waals surface area contributed by atoms with Gasteiger partial charge in [0.15, 0.2) is 5.03 Å². The van der Waals surface area contributed by atoms with Gasteiger partial charge in [0.05, 0.1) is 5.69 Å². The molecule has 1 aliphatic rings. The standard InChI is InChI=1S/C15H17N3O2S/c1-16-14-7-4-8-17-15(14)21(19,20)18-13-9-11-5-2-3-6-12(11)10-13/h2-8,13,16,18H,9-10H2,1H3. The van der Waals surface area contributed by atoms with Gasteiger partial charge in [0, 0.05) is 19.3 Å². The summed E-state index contributed by atoms with van der Waals surface area (Å²) in [6.45, 7) is 0. The maximum atomic E-state index is 12.5. The summed E-state index contributed by atoms with van der Waals surface area (Å²) < 4.78 is 27.8. The van der Waals surface area contributed by atoms with Gasteiger partial charge in [-0.25, -0.2) is 18.1 Å². The Kier molecular flexibility index (Phi) is 3.65. The van der Waals surface area contributed by atoms with E-state index in [2.05, 4.69) is 15.0 Å². The van der Waals surface area contributed by atoms with Crippen LogP contribution in [0, 0.1) is 0 Å². The van der Waals surface area contributed by atoms with E-state index in [0.29, 0.717) is 5.69 Å². The first-order valence-corrected chi connectivity index (χ1v) is 8.30. The van der Waals surface area contributed by atoms with Gasteiger partial charge in [-0.3, -0.25) is 0 Å². The Hall–Kier alpha value is -1.92. The van der Waals surface area contributed by atoms with E-state index in [9.17, 15) is 8.42 Å². The van der Waals surface area contributed by atoms with Crippen molar-refractivity contribution in [2.24, 2.45) is 0 Å². The molecule has 0 fully saturated rings. The molecule has 0 radical (unpaired) electrons. The van der Waals surface area contributed by atoms with Crippen molar-refractivity contribution >= 4 is 15.7 Å². The third-order valence-electron chi connectivity index (χ3n) is 3.67. The first-order valence-electron chi connectivity index (χ1n) is 6.82. The molecule has 0 bridgehead atoms. The number of aromatic nitrogens is 1. The number of hydrogen-bond donors (Lipinski definition) is 2. The summed E-state index contributed by atoms with van der Waals surface area (Å²) in [4.78, 5) is 4.00. The summed E-state index contributed by atoms with van der Waals surface area (Å²) >= 11 is 0. The van der Waals surface area contributed by atoms with Crippen LogP contribution in [0.3, 0.4) is 0 Å². The van der Waals surface area contributed by atoms with Gasteiger partial charge in [0.2, 0.25) is 0 Å². The number of fused-ring (bicyclic) bond motifs is 1. The minimum Gasteiger partial charge on any atom is -0.386 e. The first kappa shape index (κ1) is 14.0. The third-order valence-corrected chi connectivity index (χ3v) is 5.15. The molecule has 2 N–H and O–H groups in total. The molecule has 5 nitrogen and oxygen atoms in total. The molecule has 0 spiro atoms. The van der Waals surface area contributed by atoms with Crippen LogP contribution >= 0.6 is 0 Å². The Balaban J connectivity index is 1.82. The van der Waals surface area contributed by atoms with E-state index in [1.165, 1.54) is 17.3 Å². The van der Waals surface area contributed by atoms with Crippen LogP contribution in [0.4, 0.5) is 5.69 Å². The van der Waals surface area contributed by atoms with E-state index in [-0.39, 0.29) is 11.1 Å². The Labute approximate surface area is 124 Å². The molecule has 0 amide bonds. The van der Waals surface area contributed by atoms with Crippen LogP contribution in [0.25, 0.3) is 0 Å². The van der Waals surface area contributed by atoms with Crippen LogP contribution in [0.1, 0.15) is 11.1 Å². The van der Waals surface area contributed by atoms with E-state index in [4.69, 9.17) is 0 Å². The summed E-state index contributed by atoms with van der Waals surface area (Å²) in [6, 6.07) is 11.3. The number of hydrogen-bond acceptors (Lipinski definition) is 4. The van der Waals surface area contributed by atoms with Gasteiger partial charge in [-0.05, 0) is 36.1 Å². The molecule has 0 saturated heterocycles. The van der Waals surface area contributed by atoms with Crippen LogP contribution in [-0.2, 0) is 22.9 Å². The molecule has 110 valence electrons. The average molecular weight is 303 g/mol. The highest BCUT2D eigenvalue weighted by Gasteiger charge is 2.28. The van der Waals surface area contributed by atoms with Gasteiger partial charge in [-0.1, -0.05) is 24.3 Å². The number of benzene rings is 1. The minimum atomic E-state index is -3.63. The van der Waals surface area contributed by atoms with Crippen molar-refractivity contribution in [1.29, 1.82) is 0 Å². The molecule has 21 heavy (non-hydrogen) atoms. The normalized spacial score (nSPS) is 14.9. The summed E-state index contributed by atoms with van der Waals surface area (Å²) in [7, 11) is -1.95. The Morgan fingerprint density at radius 1 is 1.10 bits per heavy atom. The highest BCUT2D eigenvalue weighted by Crippen LogP contribution is 2.24. The minimum absolute atomic E-state index is 0.0449. The van der Waals surface area contributed by atoms with Crippen LogP contribution in [0.15, 0.2) is 47.6 Å². The van der Waals surface area contributed by atoms with Gasteiger partial charge >= 0.3 is 0 Å². The summed E-state index contributed by atoms with van der Waals surface area (Å²) in [6.07, 6.45) is 2.92. The first-order chi connectivity index (χ1) is 10.1.